The molecule has 1 aliphatic rings. The van der Waals surface area contributed by atoms with Gasteiger partial charge in [-0.1, -0.05) is 28.5 Å². The topological polar surface area (TPSA) is 103 Å². The summed E-state index contributed by atoms with van der Waals surface area (Å²) < 4.78 is 54.2. The SMILES string of the molecule is CC(F)Cn1c(=O)n(OC(=O)C(F)(F)F)c(=O)c2c1nc(N1CCNCC1)n2-c1ccccc1Cl. The van der Waals surface area contributed by atoms with Crippen molar-refractivity contribution in [2.24, 2.45) is 0 Å². The highest BCUT2D eigenvalue weighted by molar-refractivity contribution is 6.32. The Morgan fingerprint density at radius 3 is 2.49 bits per heavy atom. The summed E-state index contributed by atoms with van der Waals surface area (Å²) in [5.41, 5.74) is -3.35. The summed E-state index contributed by atoms with van der Waals surface area (Å²) in [4.78, 5) is 48.1. The van der Waals surface area contributed by atoms with Crippen LogP contribution in [0.25, 0.3) is 16.9 Å². The molecular weight excluding hydrogens is 500 g/mol. The first-order valence-corrected chi connectivity index (χ1v) is 10.8. The maximum absolute atomic E-state index is 14.0. The van der Waals surface area contributed by atoms with Crippen LogP contribution in [0.3, 0.4) is 0 Å². The quantitative estimate of drug-likeness (QED) is 0.508. The first kappa shape index (κ1) is 24.7. The van der Waals surface area contributed by atoms with Crippen LogP contribution in [0.15, 0.2) is 33.9 Å². The number of fused-ring (bicyclic) bond motifs is 1. The number of benzene rings is 1. The van der Waals surface area contributed by atoms with Gasteiger partial charge in [-0.2, -0.15) is 18.2 Å². The van der Waals surface area contributed by atoms with Crippen molar-refractivity contribution in [3.63, 3.8) is 0 Å². The van der Waals surface area contributed by atoms with E-state index in [2.05, 4.69) is 15.1 Å². The van der Waals surface area contributed by atoms with Crippen molar-refractivity contribution in [2.75, 3.05) is 31.1 Å². The molecule has 0 saturated carbocycles. The summed E-state index contributed by atoms with van der Waals surface area (Å²) in [5, 5.41) is 3.32. The number of carbonyl (C=O) groups excluding carboxylic acids is 1. The molecule has 0 amide bonds. The Balaban J connectivity index is 2.10. The number of alkyl halides is 4. The van der Waals surface area contributed by atoms with Crippen LogP contribution in [-0.4, -0.2) is 63.3 Å². The summed E-state index contributed by atoms with van der Waals surface area (Å²) in [7, 11) is 0. The number of hydrogen-bond donors (Lipinski definition) is 1. The minimum absolute atomic E-state index is 0.159. The van der Waals surface area contributed by atoms with E-state index >= 15 is 0 Å². The van der Waals surface area contributed by atoms with Crippen LogP contribution in [-0.2, 0) is 11.3 Å². The molecule has 188 valence electrons. The van der Waals surface area contributed by atoms with Crippen LogP contribution in [0.5, 0.6) is 0 Å². The van der Waals surface area contributed by atoms with E-state index in [1.165, 1.54) is 16.7 Å². The van der Waals surface area contributed by atoms with Crippen LogP contribution < -0.4 is 26.3 Å². The van der Waals surface area contributed by atoms with E-state index in [-0.39, 0.29) is 27.0 Å². The number of rotatable bonds is 5. The molecule has 35 heavy (non-hydrogen) atoms. The third kappa shape index (κ3) is 4.62. The maximum Gasteiger partial charge on any atom is 0.493 e. The number of halogens is 5. The van der Waals surface area contributed by atoms with E-state index in [1.807, 2.05) is 0 Å². The molecule has 1 atom stereocenters. The Kier molecular flexibility index (Phi) is 6.60. The molecule has 1 fully saturated rings. The summed E-state index contributed by atoms with van der Waals surface area (Å²) in [6.45, 7) is 2.45. The lowest BCUT2D eigenvalue weighted by Gasteiger charge is -2.28. The van der Waals surface area contributed by atoms with Gasteiger partial charge in [0.15, 0.2) is 11.2 Å². The van der Waals surface area contributed by atoms with Crippen molar-refractivity contribution >= 4 is 34.7 Å². The zero-order valence-corrected chi connectivity index (χ0v) is 18.9. The first-order valence-electron chi connectivity index (χ1n) is 10.4. The highest BCUT2D eigenvalue weighted by Gasteiger charge is 2.43. The molecular formula is C20H19ClF4N6O4. The molecule has 3 aromatic rings. The van der Waals surface area contributed by atoms with Crippen molar-refractivity contribution < 1.29 is 27.2 Å². The molecule has 1 aliphatic heterocycles. The summed E-state index contributed by atoms with van der Waals surface area (Å²) >= 11 is 6.37. The van der Waals surface area contributed by atoms with Crippen molar-refractivity contribution in [2.45, 2.75) is 25.8 Å². The van der Waals surface area contributed by atoms with Gasteiger partial charge < -0.3 is 15.1 Å². The van der Waals surface area contributed by atoms with Gasteiger partial charge in [-0.05, 0) is 19.1 Å². The number of aromatic nitrogens is 4. The van der Waals surface area contributed by atoms with Crippen LogP contribution in [0.2, 0.25) is 5.02 Å². The molecule has 0 radical (unpaired) electrons. The van der Waals surface area contributed by atoms with Crippen molar-refractivity contribution in [1.29, 1.82) is 0 Å². The van der Waals surface area contributed by atoms with Gasteiger partial charge in [0.2, 0.25) is 5.95 Å². The van der Waals surface area contributed by atoms with Crippen molar-refractivity contribution in [3.8, 4) is 5.69 Å². The molecule has 1 unspecified atom stereocenters. The molecule has 1 saturated heterocycles. The molecule has 0 spiro atoms. The van der Waals surface area contributed by atoms with E-state index in [1.54, 1.807) is 17.0 Å². The lowest BCUT2D eigenvalue weighted by atomic mass is 10.3. The monoisotopic (exact) mass is 518 g/mol. The van der Waals surface area contributed by atoms with Gasteiger partial charge in [-0.25, -0.2) is 14.0 Å². The van der Waals surface area contributed by atoms with Gasteiger partial charge in [0.25, 0.3) is 0 Å². The average Bonchev–Trinajstić information content (AvgIpc) is 3.20. The Hall–Kier alpha value is -3.39. The van der Waals surface area contributed by atoms with Gasteiger partial charge in [0, 0.05) is 26.2 Å². The molecule has 1 N–H and O–H groups in total. The maximum atomic E-state index is 14.0. The van der Waals surface area contributed by atoms with E-state index in [0.717, 1.165) is 6.92 Å². The number of nitrogens with one attached hydrogen (secondary N) is 1. The molecule has 0 bridgehead atoms. The van der Waals surface area contributed by atoms with Gasteiger partial charge >= 0.3 is 23.4 Å². The van der Waals surface area contributed by atoms with Crippen LogP contribution >= 0.6 is 11.6 Å². The number of nitrogens with zero attached hydrogens (tertiary/aromatic N) is 5. The smallest absolute Gasteiger partial charge is 0.339 e. The van der Waals surface area contributed by atoms with Gasteiger partial charge in [0.1, 0.15) is 6.17 Å². The first-order chi connectivity index (χ1) is 16.5. The fourth-order valence-electron chi connectivity index (χ4n) is 3.73. The third-order valence-corrected chi connectivity index (χ3v) is 5.54. The average molecular weight is 519 g/mol. The second-order valence-corrected chi connectivity index (χ2v) is 8.17. The van der Waals surface area contributed by atoms with Crippen LogP contribution in [0.1, 0.15) is 6.92 Å². The number of anilines is 1. The lowest BCUT2D eigenvalue weighted by Crippen LogP contribution is -2.49. The molecule has 15 heteroatoms. The van der Waals surface area contributed by atoms with E-state index < -0.39 is 41.6 Å². The number of imidazole rings is 1. The van der Waals surface area contributed by atoms with Gasteiger partial charge in [-0.15, -0.1) is 0 Å². The normalized spacial score (nSPS) is 15.4. The highest BCUT2D eigenvalue weighted by atomic mass is 35.5. The number of piperazine rings is 1. The van der Waals surface area contributed by atoms with Crippen LogP contribution in [0.4, 0.5) is 23.5 Å². The molecule has 2 aromatic heterocycles. The zero-order valence-electron chi connectivity index (χ0n) is 18.2. The molecule has 10 nitrogen and oxygen atoms in total. The Labute approximate surface area is 199 Å². The highest BCUT2D eigenvalue weighted by Crippen LogP contribution is 2.29. The fourth-order valence-corrected chi connectivity index (χ4v) is 3.95. The van der Waals surface area contributed by atoms with Crippen molar-refractivity contribution in [3.05, 3.63) is 50.1 Å². The minimum atomic E-state index is -5.49. The standard InChI is InChI=1S/C20H19ClF4N6O4/c1-11(22)10-29-15-14(16(32)31(19(29)34)35-17(33)20(23,24)25)30(13-5-3-2-4-12(13)21)18(27-15)28-8-6-26-7-9-28/h2-5,11,26H,6-10H2,1H3. The Morgan fingerprint density at radius 2 is 1.89 bits per heavy atom. The second-order valence-electron chi connectivity index (χ2n) is 7.76. The summed E-state index contributed by atoms with van der Waals surface area (Å²) in [5.74, 6) is -2.63. The second kappa shape index (κ2) is 9.34. The van der Waals surface area contributed by atoms with Gasteiger partial charge in [0.05, 0.1) is 17.3 Å². The minimum Gasteiger partial charge on any atom is -0.339 e. The summed E-state index contributed by atoms with van der Waals surface area (Å²) in [6, 6.07) is 6.29. The van der Waals surface area contributed by atoms with E-state index in [4.69, 9.17) is 11.6 Å². The largest absolute Gasteiger partial charge is 0.493 e. The molecule has 1 aromatic carbocycles. The Bertz CT molecular complexity index is 1390. The van der Waals surface area contributed by atoms with Crippen LogP contribution in [0, 0.1) is 0 Å². The molecule has 3 heterocycles. The molecule has 4 rings (SSSR count). The number of hydrogen-bond acceptors (Lipinski definition) is 7. The summed E-state index contributed by atoms with van der Waals surface area (Å²) in [6.07, 6.45) is -7.15. The third-order valence-electron chi connectivity index (χ3n) is 5.22. The number of carbonyl (C=O) groups is 1. The van der Waals surface area contributed by atoms with E-state index in [0.29, 0.717) is 30.7 Å². The predicted molar refractivity (Wildman–Crippen MR) is 118 cm³/mol. The van der Waals surface area contributed by atoms with E-state index in [9.17, 15) is 31.9 Å². The van der Waals surface area contributed by atoms with Gasteiger partial charge in [-0.3, -0.25) is 13.9 Å². The zero-order chi connectivity index (χ0) is 25.5. The molecule has 0 aliphatic carbocycles. The fraction of sp³-hybridized carbons (Fsp3) is 0.400. The number of para-hydroxylation sites is 1. The predicted octanol–water partition coefficient (Wildman–Crippen LogP) is 1.29. The Morgan fingerprint density at radius 1 is 1.23 bits per heavy atom. The lowest BCUT2D eigenvalue weighted by molar-refractivity contribution is -0.200. The van der Waals surface area contributed by atoms with Crippen molar-refractivity contribution in [1.82, 2.24) is 24.2 Å².